The van der Waals surface area contributed by atoms with Crippen molar-refractivity contribution in [2.24, 2.45) is 23.7 Å². The van der Waals surface area contributed by atoms with Crippen LogP contribution in [-0.2, 0) is 41.2 Å². The summed E-state index contributed by atoms with van der Waals surface area (Å²) in [5.74, 6) is 1.81. The molecule has 0 aromatic carbocycles. The molecule has 0 fully saturated rings. The van der Waals surface area contributed by atoms with Crippen LogP contribution in [0.25, 0.3) is 0 Å². The van der Waals surface area contributed by atoms with E-state index in [2.05, 4.69) is 134 Å². The van der Waals surface area contributed by atoms with Gasteiger partial charge in [0.25, 0.3) is 0 Å². The van der Waals surface area contributed by atoms with Crippen molar-refractivity contribution in [3.05, 3.63) is 82.2 Å². The van der Waals surface area contributed by atoms with Gasteiger partial charge in [-0.1, -0.05) is 0 Å². The van der Waals surface area contributed by atoms with Crippen LogP contribution in [0.1, 0.15) is 83.1 Å². The topological polar surface area (TPSA) is 0 Å². The van der Waals surface area contributed by atoms with Crippen LogP contribution in [0, 0.1) is 23.7 Å². The zero-order valence-electron chi connectivity index (χ0n) is 29.5. The van der Waals surface area contributed by atoms with Gasteiger partial charge in [0.2, 0.25) is 0 Å². The van der Waals surface area contributed by atoms with Crippen molar-refractivity contribution in [2.75, 3.05) is 0 Å². The van der Waals surface area contributed by atoms with Gasteiger partial charge in [-0.15, -0.1) is 0 Å². The maximum absolute atomic E-state index is 2.61. The zero-order chi connectivity index (χ0) is 30.4. The molecule has 0 bridgehead atoms. The fraction of sp³-hybridized carbons (Fsp3) is 0.556. The predicted molar refractivity (Wildman–Crippen MR) is 180 cm³/mol. The first-order valence-electron chi connectivity index (χ1n) is 15.8. The fourth-order valence-electron chi connectivity index (χ4n) is 7.77. The third-order valence-corrected chi connectivity index (χ3v) is 67.9. The molecule has 0 saturated carbocycles. The Morgan fingerprint density at radius 1 is 0.405 bits per heavy atom. The summed E-state index contributed by atoms with van der Waals surface area (Å²) in [6, 6.07) is 0. The van der Waals surface area contributed by atoms with Crippen LogP contribution in [0.2, 0.25) is 26.2 Å². The van der Waals surface area contributed by atoms with Crippen molar-refractivity contribution >= 4 is 12.0 Å². The summed E-state index contributed by atoms with van der Waals surface area (Å²) in [6.45, 7) is 39.1. The summed E-state index contributed by atoms with van der Waals surface area (Å²) in [5.41, 5.74) is 12.9. The summed E-state index contributed by atoms with van der Waals surface area (Å²) in [7, 11) is 0. The van der Waals surface area contributed by atoms with Crippen LogP contribution in [0.3, 0.4) is 0 Å². The molecule has 4 unspecified atom stereocenters. The van der Waals surface area contributed by atoms with Crippen LogP contribution >= 0.6 is 0 Å². The van der Waals surface area contributed by atoms with Gasteiger partial charge >= 0.3 is 268 Å². The molecule has 4 aliphatic carbocycles. The van der Waals surface area contributed by atoms with Gasteiger partial charge in [-0.05, 0) is 0 Å². The largest absolute Gasteiger partial charge is 1.00 e. The Hall–Kier alpha value is 0.674. The maximum Gasteiger partial charge on any atom is -1.00 e. The van der Waals surface area contributed by atoms with Crippen LogP contribution in [0.4, 0.5) is 0 Å². The molecule has 0 radical (unpaired) electrons. The van der Waals surface area contributed by atoms with Crippen molar-refractivity contribution in [3.63, 3.8) is 0 Å². The zero-order valence-corrected chi connectivity index (χ0v) is 40.5. The van der Waals surface area contributed by atoms with E-state index in [0.717, 1.165) is 23.7 Å². The molecule has 0 N–H and O–H groups in total. The molecule has 0 amide bonds. The Kier molecular flexibility index (Phi) is 16.0. The van der Waals surface area contributed by atoms with Crippen molar-refractivity contribution in [1.82, 2.24) is 0 Å². The smallest absolute Gasteiger partial charge is 1.00 e. The van der Waals surface area contributed by atoms with Gasteiger partial charge in [0.1, 0.15) is 0 Å². The molecule has 4 aliphatic rings. The van der Waals surface area contributed by atoms with E-state index < -0.39 is 53.2 Å². The van der Waals surface area contributed by atoms with Crippen molar-refractivity contribution in [2.45, 2.75) is 109 Å². The van der Waals surface area contributed by atoms with Gasteiger partial charge in [0, 0.05) is 0 Å². The van der Waals surface area contributed by atoms with Gasteiger partial charge in [-0.25, -0.2) is 0 Å². The minimum atomic E-state index is -1.81. The molecule has 4 atom stereocenters. The fourth-order valence-corrected chi connectivity index (χ4v) is 71.9. The Morgan fingerprint density at radius 3 is 0.667 bits per heavy atom. The monoisotopic (exact) mass is 976 g/mol. The molecule has 4 rings (SSSR count). The third-order valence-electron chi connectivity index (χ3n) is 10.3. The molecule has 0 saturated heterocycles. The van der Waals surface area contributed by atoms with E-state index in [1.54, 1.807) is 44.6 Å². The Bertz CT molecular complexity index is 1110. The minimum absolute atomic E-state index is 0. The summed E-state index contributed by atoms with van der Waals surface area (Å²) in [5, 5.41) is 0. The molecule has 232 valence electrons. The first-order valence-corrected chi connectivity index (χ1v) is 41.2. The van der Waals surface area contributed by atoms with E-state index in [-0.39, 0.29) is 24.8 Å². The van der Waals surface area contributed by atoms with Gasteiger partial charge in [0.15, 0.2) is 0 Å². The molecular formula is C36H58Cl2Hf2Si2. The van der Waals surface area contributed by atoms with E-state index in [9.17, 15) is 0 Å². The van der Waals surface area contributed by atoms with Gasteiger partial charge in [0.05, 0.1) is 0 Å². The van der Waals surface area contributed by atoms with E-state index >= 15 is 0 Å². The maximum atomic E-state index is 2.61. The number of allylic oxidation sites excluding steroid dienone is 16. The van der Waals surface area contributed by atoms with Crippen LogP contribution in [0.5, 0.6) is 0 Å². The Morgan fingerprint density at radius 2 is 0.571 bits per heavy atom. The summed E-state index contributed by atoms with van der Waals surface area (Å²) in [6.07, 6.45) is 9.88. The predicted octanol–water partition coefficient (Wildman–Crippen LogP) is 4.66. The standard InChI is InChI=1S/4C8H11.2C2H7Si.2ClH.2Hf/c4*1-6-4-7(2)8(3)5-6;2*1-3-2;;;;/h4*4,8H,1-3H3;2*3H,1-2H3;2*1H;;/q;;;;;;;;2*+1/p-2. The van der Waals surface area contributed by atoms with Gasteiger partial charge in [-0.2, -0.15) is 0 Å². The van der Waals surface area contributed by atoms with E-state index in [0.29, 0.717) is 0 Å². The number of halogens is 2. The molecule has 0 aliphatic heterocycles. The Labute approximate surface area is 290 Å². The summed E-state index contributed by atoms with van der Waals surface area (Å²) >= 11 is -3.63. The molecule has 0 nitrogen and oxygen atoms in total. The molecule has 0 spiro atoms. The average molecular weight is 975 g/mol. The van der Waals surface area contributed by atoms with Crippen LogP contribution in [-0.4, -0.2) is 12.0 Å². The first kappa shape index (κ1) is 40.7. The molecule has 42 heavy (non-hydrogen) atoms. The molecular weight excluding hydrogens is 916 g/mol. The van der Waals surface area contributed by atoms with E-state index in [1.807, 2.05) is 13.3 Å². The van der Waals surface area contributed by atoms with Crippen LogP contribution < -0.4 is 24.8 Å². The minimum Gasteiger partial charge on any atom is -1.00 e. The third kappa shape index (κ3) is 8.14. The first-order chi connectivity index (χ1) is 18.5. The Balaban J connectivity index is 0.000000401. The normalized spacial score (nSPS) is 25.4. The van der Waals surface area contributed by atoms with Crippen molar-refractivity contribution in [1.29, 1.82) is 0 Å². The quantitative estimate of drug-likeness (QED) is 0.341. The van der Waals surface area contributed by atoms with Crippen molar-refractivity contribution < 1.29 is 66.0 Å². The molecule has 0 heterocycles. The van der Waals surface area contributed by atoms with Gasteiger partial charge in [-0.3, -0.25) is 0 Å². The second kappa shape index (κ2) is 16.5. The van der Waals surface area contributed by atoms with E-state index in [1.165, 1.54) is 0 Å². The van der Waals surface area contributed by atoms with Crippen LogP contribution in [0.15, 0.2) is 82.2 Å². The summed E-state index contributed by atoms with van der Waals surface area (Å²) in [4.78, 5) is 0. The second-order valence-corrected chi connectivity index (χ2v) is 66.6. The SMILES string of the molecule is CC1=CC(C)=[C]([Hf+]([C]2=C(C)C=C(C)C2C)[SiH](C)C)C1C.CC1=CC(C)=[C]([Hf+]([C]2=C(C)C=C(C)C2C)[SiH](C)C)C1C.[Cl-].[Cl-]. The number of hydrogen-bond acceptors (Lipinski definition) is 0. The number of rotatable bonds is 6. The molecule has 0 aromatic heterocycles. The molecule has 0 aromatic rings. The molecule has 6 heteroatoms. The summed E-state index contributed by atoms with van der Waals surface area (Å²) < 4.78 is 7.77. The van der Waals surface area contributed by atoms with E-state index in [4.69, 9.17) is 0 Å². The number of hydrogen-bond donors (Lipinski definition) is 0. The van der Waals surface area contributed by atoms with Gasteiger partial charge < -0.3 is 24.8 Å². The second-order valence-electron chi connectivity index (χ2n) is 14.0. The average Bonchev–Trinajstić information content (AvgIpc) is 3.44. The van der Waals surface area contributed by atoms with Crippen molar-refractivity contribution in [3.8, 4) is 0 Å².